The third kappa shape index (κ3) is 4.21. The first-order chi connectivity index (χ1) is 9.36. The monoisotopic (exact) mass is 317 g/mol. The van der Waals surface area contributed by atoms with Crippen molar-refractivity contribution in [3.63, 3.8) is 0 Å². The highest BCUT2D eigenvalue weighted by atomic mass is 35.5. The fraction of sp³-hybridized carbons (Fsp3) is 0.714. The van der Waals surface area contributed by atoms with Gasteiger partial charge in [0.05, 0.1) is 6.20 Å². The highest BCUT2D eigenvalue weighted by molar-refractivity contribution is 6.32. The summed E-state index contributed by atoms with van der Waals surface area (Å²) >= 11 is 11.8. The van der Waals surface area contributed by atoms with Crippen molar-refractivity contribution in [3.8, 4) is 5.88 Å². The van der Waals surface area contributed by atoms with Gasteiger partial charge in [0, 0.05) is 12.1 Å². The van der Waals surface area contributed by atoms with Crippen molar-refractivity contribution in [2.24, 2.45) is 0 Å². The molecule has 0 aliphatic carbocycles. The van der Waals surface area contributed by atoms with Crippen LogP contribution < -0.4 is 4.74 Å². The van der Waals surface area contributed by atoms with Crippen LogP contribution in [0.1, 0.15) is 40.0 Å². The molecule has 4 nitrogen and oxygen atoms in total. The molecule has 1 saturated heterocycles. The van der Waals surface area contributed by atoms with Crippen LogP contribution in [0.25, 0.3) is 0 Å². The highest BCUT2D eigenvalue weighted by Gasteiger charge is 2.26. The van der Waals surface area contributed by atoms with E-state index < -0.39 is 0 Å². The maximum absolute atomic E-state index is 6.04. The molecular formula is C14H21Cl2N3O. The number of aromatic nitrogens is 2. The molecule has 1 aromatic heterocycles. The summed E-state index contributed by atoms with van der Waals surface area (Å²) in [5, 5.41) is 0.570. The molecule has 1 atom stereocenters. The van der Waals surface area contributed by atoms with Gasteiger partial charge in [0.15, 0.2) is 0 Å². The Hall–Kier alpha value is -0.580. The standard InChI is InChI=1S/C14H21Cl2N3O/c1-14(2,3)19-7-4-5-10(6-8-19)20-12-11(15)9-17-13(16)18-12/h9-10H,4-8H2,1-3H3. The maximum Gasteiger partial charge on any atom is 0.237 e. The molecule has 1 aliphatic heterocycles. The number of halogens is 2. The van der Waals surface area contributed by atoms with E-state index in [0.717, 1.165) is 32.4 Å². The summed E-state index contributed by atoms with van der Waals surface area (Å²) in [5.41, 5.74) is 0.199. The molecule has 20 heavy (non-hydrogen) atoms. The van der Waals surface area contributed by atoms with Gasteiger partial charge in [-0.3, -0.25) is 4.90 Å². The number of likely N-dealkylation sites (tertiary alicyclic amines) is 1. The van der Waals surface area contributed by atoms with Crippen molar-refractivity contribution in [1.29, 1.82) is 0 Å². The van der Waals surface area contributed by atoms with Crippen LogP contribution in [0.4, 0.5) is 0 Å². The van der Waals surface area contributed by atoms with Gasteiger partial charge in [0.2, 0.25) is 11.2 Å². The largest absolute Gasteiger partial charge is 0.473 e. The van der Waals surface area contributed by atoms with E-state index in [9.17, 15) is 0 Å². The van der Waals surface area contributed by atoms with Gasteiger partial charge in [-0.05, 0) is 58.2 Å². The predicted octanol–water partition coefficient (Wildman–Crippen LogP) is 3.82. The Labute approximate surface area is 130 Å². The zero-order chi connectivity index (χ0) is 14.8. The number of hydrogen-bond acceptors (Lipinski definition) is 4. The first-order valence-electron chi connectivity index (χ1n) is 6.96. The molecule has 112 valence electrons. The molecule has 0 saturated carbocycles. The number of hydrogen-bond donors (Lipinski definition) is 0. The van der Waals surface area contributed by atoms with E-state index in [1.807, 2.05) is 0 Å². The lowest BCUT2D eigenvalue weighted by Gasteiger charge is -2.34. The van der Waals surface area contributed by atoms with E-state index >= 15 is 0 Å². The minimum Gasteiger partial charge on any atom is -0.473 e. The van der Waals surface area contributed by atoms with Crippen LogP contribution in [0.5, 0.6) is 5.88 Å². The normalized spacial score (nSPS) is 21.6. The van der Waals surface area contributed by atoms with Crippen LogP contribution in [-0.4, -0.2) is 39.6 Å². The lowest BCUT2D eigenvalue weighted by Crippen LogP contribution is -2.42. The van der Waals surface area contributed by atoms with Crippen molar-refractivity contribution in [3.05, 3.63) is 16.5 Å². The van der Waals surface area contributed by atoms with Crippen LogP contribution in [0, 0.1) is 0 Å². The predicted molar refractivity (Wildman–Crippen MR) is 81.6 cm³/mol. The second kappa shape index (κ2) is 6.46. The van der Waals surface area contributed by atoms with Gasteiger partial charge < -0.3 is 4.74 Å². The molecule has 2 heterocycles. The van der Waals surface area contributed by atoms with Crippen molar-refractivity contribution < 1.29 is 4.74 Å². The second-order valence-corrected chi connectivity index (χ2v) is 6.87. The molecule has 2 rings (SSSR count). The summed E-state index contributed by atoms with van der Waals surface area (Å²) in [6.45, 7) is 8.85. The molecule has 0 bridgehead atoms. The number of rotatable bonds is 2. The van der Waals surface area contributed by atoms with Crippen LogP contribution in [-0.2, 0) is 0 Å². The molecule has 0 radical (unpaired) electrons. The molecule has 0 spiro atoms. The van der Waals surface area contributed by atoms with Crippen molar-refractivity contribution in [2.45, 2.75) is 51.7 Å². The summed E-state index contributed by atoms with van der Waals surface area (Å²) in [5.74, 6) is 0.390. The Kier molecular flexibility index (Phi) is 5.10. The van der Waals surface area contributed by atoms with E-state index in [4.69, 9.17) is 27.9 Å². The van der Waals surface area contributed by atoms with E-state index in [1.54, 1.807) is 0 Å². The fourth-order valence-corrected chi connectivity index (χ4v) is 2.69. The quantitative estimate of drug-likeness (QED) is 0.777. The van der Waals surface area contributed by atoms with Crippen LogP contribution in [0.2, 0.25) is 10.3 Å². The van der Waals surface area contributed by atoms with Gasteiger partial charge in [-0.1, -0.05) is 11.6 Å². The van der Waals surface area contributed by atoms with Crippen molar-refractivity contribution in [1.82, 2.24) is 14.9 Å². The summed E-state index contributed by atoms with van der Waals surface area (Å²) < 4.78 is 5.91. The van der Waals surface area contributed by atoms with Crippen molar-refractivity contribution >= 4 is 23.2 Å². The Morgan fingerprint density at radius 1 is 1.25 bits per heavy atom. The van der Waals surface area contributed by atoms with Gasteiger partial charge in [-0.15, -0.1) is 0 Å². The molecule has 0 N–H and O–H groups in total. The maximum atomic E-state index is 6.04. The van der Waals surface area contributed by atoms with Crippen LogP contribution >= 0.6 is 23.2 Å². The summed E-state index contributed by atoms with van der Waals surface area (Å²) in [7, 11) is 0. The third-order valence-corrected chi connectivity index (χ3v) is 4.03. The molecule has 0 amide bonds. The molecule has 1 fully saturated rings. The highest BCUT2D eigenvalue weighted by Crippen LogP contribution is 2.27. The first-order valence-corrected chi connectivity index (χ1v) is 7.71. The Bertz CT molecular complexity index is 462. The van der Waals surface area contributed by atoms with E-state index in [-0.39, 0.29) is 16.9 Å². The Morgan fingerprint density at radius 3 is 2.70 bits per heavy atom. The zero-order valence-corrected chi connectivity index (χ0v) is 13.7. The van der Waals surface area contributed by atoms with Gasteiger partial charge in [-0.2, -0.15) is 4.98 Å². The Morgan fingerprint density at radius 2 is 2.00 bits per heavy atom. The van der Waals surface area contributed by atoms with E-state index in [0.29, 0.717) is 10.9 Å². The third-order valence-electron chi connectivity index (χ3n) is 3.58. The molecular weight excluding hydrogens is 297 g/mol. The minimum absolute atomic E-state index is 0.130. The molecule has 1 unspecified atom stereocenters. The van der Waals surface area contributed by atoms with Gasteiger partial charge in [-0.25, -0.2) is 4.98 Å². The smallest absolute Gasteiger partial charge is 0.237 e. The van der Waals surface area contributed by atoms with Crippen LogP contribution in [0.3, 0.4) is 0 Å². The lowest BCUT2D eigenvalue weighted by molar-refractivity contribution is 0.129. The average Bonchev–Trinajstić information content (AvgIpc) is 2.59. The molecule has 0 aromatic carbocycles. The number of nitrogens with zero attached hydrogens (tertiary/aromatic N) is 3. The SMILES string of the molecule is CC(C)(C)N1CCCC(Oc2nc(Cl)ncc2Cl)CC1. The van der Waals surface area contributed by atoms with Gasteiger partial charge in [0.1, 0.15) is 11.1 Å². The van der Waals surface area contributed by atoms with E-state index in [2.05, 4.69) is 35.6 Å². The lowest BCUT2D eigenvalue weighted by atomic mass is 10.1. The molecule has 1 aromatic rings. The second-order valence-electron chi connectivity index (χ2n) is 6.12. The topological polar surface area (TPSA) is 38.2 Å². The fourth-order valence-electron chi connectivity index (χ4n) is 2.43. The zero-order valence-electron chi connectivity index (χ0n) is 12.2. The minimum atomic E-state index is 0.130. The Balaban J connectivity index is 1.99. The van der Waals surface area contributed by atoms with Crippen LogP contribution in [0.15, 0.2) is 6.20 Å². The summed E-state index contributed by atoms with van der Waals surface area (Å²) in [6.07, 6.45) is 4.69. The summed E-state index contributed by atoms with van der Waals surface area (Å²) in [6, 6.07) is 0. The average molecular weight is 318 g/mol. The molecule has 1 aliphatic rings. The van der Waals surface area contributed by atoms with Gasteiger partial charge >= 0.3 is 0 Å². The first kappa shape index (κ1) is 15.8. The van der Waals surface area contributed by atoms with E-state index in [1.165, 1.54) is 6.20 Å². The molecule has 6 heteroatoms. The van der Waals surface area contributed by atoms with Gasteiger partial charge in [0.25, 0.3) is 0 Å². The number of ether oxygens (including phenoxy) is 1. The van der Waals surface area contributed by atoms with Crippen molar-refractivity contribution in [2.75, 3.05) is 13.1 Å². The summed E-state index contributed by atoms with van der Waals surface area (Å²) in [4.78, 5) is 10.4.